The third-order valence-electron chi connectivity index (χ3n) is 3.69. The predicted molar refractivity (Wildman–Crippen MR) is 107 cm³/mol. The van der Waals surface area contributed by atoms with Gasteiger partial charge in [0, 0.05) is 24.1 Å². The topological polar surface area (TPSA) is 41.9 Å². The molecule has 0 unspecified atom stereocenters. The summed E-state index contributed by atoms with van der Waals surface area (Å²) in [4.78, 5) is 18.7. The van der Waals surface area contributed by atoms with Crippen molar-refractivity contribution in [2.45, 2.75) is 6.61 Å². The Kier molecular flexibility index (Phi) is 5.60. The standard InChI is InChI=1S/C19H17BrN2O2S/c1-21-19-22(2)18(23)17(25-19)11-14-10-15(20)8-9-16(14)24-12-13-6-4-3-5-7-13/h3-11H,12H2,1-2H3/b17-11+,21-19?. The number of carbonyl (C=O) groups is 1. The van der Waals surface area contributed by atoms with Crippen molar-refractivity contribution in [2.75, 3.05) is 14.1 Å². The molecule has 0 N–H and O–H groups in total. The number of hydrogen-bond donors (Lipinski definition) is 0. The van der Waals surface area contributed by atoms with E-state index in [4.69, 9.17) is 4.74 Å². The molecule has 0 aliphatic carbocycles. The minimum Gasteiger partial charge on any atom is -0.488 e. The minimum absolute atomic E-state index is 0.0559. The second kappa shape index (κ2) is 7.89. The molecule has 2 aromatic rings. The number of hydrogen-bond acceptors (Lipinski definition) is 4. The quantitative estimate of drug-likeness (QED) is 0.685. The van der Waals surface area contributed by atoms with Crippen molar-refractivity contribution in [1.82, 2.24) is 4.90 Å². The zero-order valence-electron chi connectivity index (χ0n) is 13.9. The highest BCUT2D eigenvalue weighted by Crippen LogP contribution is 2.34. The van der Waals surface area contributed by atoms with E-state index in [0.29, 0.717) is 16.7 Å². The van der Waals surface area contributed by atoms with Crippen LogP contribution in [-0.2, 0) is 11.4 Å². The lowest BCUT2D eigenvalue weighted by atomic mass is 10.1. The van der Waals surface area contributed by atoms with Gasteiger partial charge in [-0.3, -0.25) is 14.7 Å². The molecule has 0 saturated carbocycles. The highest BCUT2D eigenvalue weighted by molar-refractivity contribution is 9.10. The third kappa shape index (κ3) is 4.14. The van der Waals surface area contributed by atoms with Crippen molar-refractivity contribution in [3.8, 4) is 5.75 Å². The molecule has 3 rings (SSSR count). The molecule has 0 atom stereocenters. The van der Waals surface area contributed by atoms with Gasteiger partial charge in [-0.15, -0.1) is 0 Å². The minimum atomic E-state index is -0.0559. The van der Waals surface area contributed by atoms with E-state index < -0.39 is 0 Å². The van der Waals surface area contributed by atoms with Crippen molar-refractivity contribution in [3.05, 3.63) is 69.0 Å². The van der Waals surface area contributed by atoms with Gasteiger partial charge in [0.05, 0.1) is 4.91 Å². The van der Waals surface area contributed by atoms with Crippen molar-refractivity contribution in [3.63, 3.8) is 0 Å². The van der Waals surface area contributed by atoms with Gasteiger partial charge < -0.3 is 4.74 Å². The van der Waals surface area contributed by atoms with Gasteiger partial charge in [-0.25, -0.2) is 0 Å². The zero-order chi connectivity index (χ0) is 17.8. The molecule has 0 radical (unpaired) electrons. The smallest absolute Gasteiger partial charge is 0.266 e. The second-order valence-electron chi connectivity index (χ2n) is 5.44. The fourth-order valence-electron chi connectivity index (χ4n) is 2.39. The molecule has 0 aromatic heterocycles. The molecule has 25 heavy (non-hydrogen) atoms. The molecule has 1 aliphatic heterocycles. The molecule has 0 spiro atoms. The lowest BCUT2D eigenvalue weighted by molar-refractivity contribution is -0.121. The number of amidine groups is 1. The lowest BCUT2D eigenvalue weighted by Gasteiger charge is -2.10. The Labute approximate surface area is 159 Å². The number of benzene rings is 2. The lowest BCUT2D eigenvalue weighted by Crippen LogP contribution is -2.23. The number of ether oxygens (including phenoxy) is 1. The first-order chi connectivity index (χ1) is 12.1. The maximum absolute atomic E-state index is 12.4. The van der Waals surface area contributed by atoms with Gasteiger partial charge in [-0.2, -0.15) is 0 Å². The highest BCUT2D eigenvalue weighted by atomic mass is 79.9. The molecule has 1 amide bonds. The summed E-state index contributed by atoms with van der Waals surface area (Å²) in [5, 5.41) is 0.693. The maximum Gasteiger partial charge on any atom is 0.266 e. The van der Waals surface area contributed by atoms with Crippen molar-refractivity contribution < 1.29 is 9.53 Å². The van der Waals surface area contributed by atoms with E-state index in [1.807, 2.05) is 54.6 Å². The molecule has 128 valence electrons. The first-order valence-corrected chi connectivity index (χ1v) is 9.30. The summed E-state index contributed by atoms with van der Waals surface area (Å²) in [6.07, 6.45) is 1.85. The number of halogens is 1. The summed E-state index contributed by atoms with van der Waals surface area (Å²) in [7, 11) is 3.41. The summed E-state index contributed by atoms with van der Waals surface area (Å²) in [6, 6.07) is 15.8. The van der Waals surface area contributed by atoms with Crippen LogP contribution < -0.4 is 4.74 Å². The Bertz CT molecular complexity index is 850. The molecule has 1 saturated heterocycles. The Morgan fingerprint density at radius 3 is 2.68 bits per heavy atom. The van der Waals surface area contributed by atoms with Crippen LogP contribution in [0, 0.1) is 0 Å². The Hall–Kier alpha value is -2.05. The van der Waals surface area contributed by atoms with Crippen molar-refractivity contribution >= 4 is 44.8 Å². The molecule has 6 heteroatoms. The van der Waals surface area contributed by atoms with Crippen LogP contribution in [0.25, 0.3) is 6.08 Å². The average Bonchev–Trinajstić information content (AvgIpc) is 2.90. The van der Waals surface area contributed by atoms with Crippen molar-refractivity contribution in [1.29, 1.82) is 0 Å². The van der Waals surface area contributed by atoms with Gasteiger partial charge in [0.25, 0.3) is 5.91 Å². The van der Waals surface area contributed by atoms with Gasteiger partial charge in [-0.05, 0) is 41.6 Å². The van der Waals surface area contributed by atoms with E-state index in [1.165, 1.54) is 11.8 Å². The second-order valence-corrected chi connectivity index (χ2v) is 7.36. The summed E-state index contributed by atoms with van der Waals surface area (Å²) in [5.41, 5.74) is 1.95. The number of amides is 1. The molecule has 2 aromatic carbocycles. The van der Waals surface area contributed by atoms with Crippen LogP contribution in [0.15, 0.2) is 62.9 Å². The van der Waals surface area contributed by atoms with Crippen LogP contribution in [-0.4, -0.2) is 30.1 Å². The molecule has 1 heterocycles. The predicted octanol–water partition coefficient (Wildman–Crippen LogP) is 4.56. The van der Waals surface area contributed by atoms with Crippen LogP contribution in [0.1, 0.15) is 11.1 Å². The van der Waals surface area contributed by atoms with Crippen LogP contribution >= 0.6 is 27.7 Å². The normalized spacial score (nSPS) is 17.6. The third-order valence-corrected chi connectivity index (χ3v) is 5.34. The molecule has 4 nitrogen and oxygen atoms in total. The molecule has 1 aliphatic rings. The summed E-state index contributed by atoms with van der Waals surface area (Å²) in [5.74, 6) is 0.678. The summed E-state index contributed by atoms with van der Waals surface area (Å²) >= 11 is 4.85. The van der Waals surface area contributed by atoms with E-state index in [2.05, 4.69) is 20.9 Å². The maximum atomic E-state index is 12.4. The highest BCUT2D eigenvalue weighted by Gasteiger charge is 2.29. The number of nitrogens with zero attached hydrogens (tertiary/aromatic N) is 2. The fourth-order valence-corrected chi connectivity index (χ4v) is 3.69. The summed E-state index contributed by atoms with van der Waals surface area (Å²) in [6.45, 7) is 0.474. The van der Waals surface area contributed by atoms with Crippen LogP contribution in [0.5, 0.6) is 5.75 Å². The van der Waals surface area contributed by atoms with Crippen molar-refractivity contribution in [2.24, 2.45) is 4.99 Å². The Morgan fingerprint density at radius 1 is 1.24 bits per heavy atom. The van der Waals surface area contributed by atoms with Crippen LogP contribution in [0.4, 0.5) is 0 Å². The number of aliphatic imine (C=N–C) groups is 1. The first-order valence-electron chi connectivity index (χ1n) is 7.69. The van der Waals surface area contributed by atoms with E-state index in [-0.39, 0.29) is 5.91 Å². The van der Waals surface area contributed by atoms with Crippen LogP contribution in [0.3, 0.4) is 0 Å². The number of rotatable bonds is 4. The molecule has 0 bridgehead atoms. The fraction of sp³-hybridized carbons (Fsp3) is 0.158. The van der Waals surface area contributed by atoms with E-state index in [1.54, 1.807) is 19.0 Å². The van der Waals surface area contributed by atoms with Gasteiger partial charge in [0.2, 0.25) is 0 Å². The Morgan fingerprint density at radius 2 is 2.00 bits per heavy atom. The average molecular weight is 417 g/mol. The van der Waals surface area contributed by atoms with Gasteiger partial charge in [-0.1, -0.05) is 46.3 Å². The Balaban J connectivity index is 1.87. The molecular formula is C19H17BrN2O2S. The van der Waals surface area contributed by atoms with E-state index in [9.17, 15) is 4.79 Å². The number of likely N-dealkylation sites (N-methyl/N-ethyl adjacent to an activating group) is 1. The molecule has 1 fully saturated rings. The monoisotopic (exact) mass is 416 g/mol. The van der Waals surface area contributed by atoms with Crippen LogP contribution in [0.2, 0.25) is 0 Å². The molecular weight excluding hydrogens is 400 g/mol. The summed E-state index contributed by atoms with van der Waals surface area (Å²) < 4.78 is 6.90. The van der Waals surface area contributed by atoms with Gasteiger partial charge in [0.15, 0.2) is 5.17 Å². The SMILES string of the molecule is CN=C1S/C(=C/c2cc(Br)ccc2OCc2ccccc2)C(=O)N1C. The first kappa shape index (κ1) is 17.8. The number of carbonyl (C=O) groups excluding carboxylic acids is 1. The largest absolute Gasteiger partial charge is 0.488 e. The van der Waals surface area contributed by atoms with Gasteiger partial charge in [0.1, 0.15) is 12.4 Å². The number of thioether (sulfide) groups is 1. The van der Waals surface area contributed by atoms with E-state index >= 15 is 0 Å². The zero-order valence-corrected chi connectivity index (χ0v) is 16.3. The van der Waals surface area contributed by atoms with E-state index in [0.717, 1.165) is 21.3 Å². The van der Waals surface area contributed by atoms with Gasteiger partial charge >= 0.3 is 0 Å².